The summed E-state index contributed by atoms with van der Waals surface area (Å²) >= 11 is 0. The van der Waals surface area contributed by atoms with Gasteiger partial charge in [-0.05, 0) is 98.3 Å². The van der Waals surface area contributed by atoms with Crippen molar-refractivity contribution in [2.45, 2.75) is 71.1 Å². The number of rotatable bonds is 8. The van der Waals surface area contributed by atoms with E-state index in [2.05, 4.69) is 68.6 Å². The van der Waals surface area contributed by atoms with Crippen molar-refractivity contribution >= 4 is 17.1 Å². The van der Waals surface area contributed by atoms with Crippen LogP contribution in [0.2, 0.25) is 0 Å². The average molecular weight is 641 g/mol. The molecule has 0 radical (unpaired) electrons. The van der Waals surface area contributed by atoms with Gasteiger partial charge in [0.25, 0.3) is 0 Å². The number of ether oxygens (including phenoxy) is 1. The van der Waals surface area contributed by atoms with Crippen molar-refractivity contribution in [3.63, 3.8) is 0 Å². The van der Waals surface area contributed by atoms with E-state index in [-0.39, 0.29) is 11.7 Å². The third-order valence-electron chi connectivity index (χ3n) is 8.57. The Balaban J connectivity index is 0.000000434. The molecule has 3 aliphatic rings. The second kappa shape index (κ2) is 18.9. The van der Waals surface area contributed by atoms with E-state index in [9.17, 15) is 8.78 Å². The molecule has 2 aromatic heterocycles. The average Bonchev–Trinajstić information content (AvgIpc) is 4.06. The van der Waals surface area contributed by atoms with Gasteiger partial charge in [0.1, 0.15) is 17.3 Å². The molecule has 2 unspecified atom stereocenters. The Morgan fingerprint density at radius 2 is 1.74 bits per heavy atom. The minimum absolute atomic E-state index is 0.249. The van der Waals surface area contributed by atoms with Crippen LogP contribution >= 0.6 is 0 Å². The lowest BCUT2D eigenvalue weighted by Gasteiger charge is -2.17. The summed E-state index contributed by atoms with van der Waals surface area (Å²) in [5.74, 6) is 2.90. The smallest absolute Gasteiger partial charge is 0.149 e. The van der Waals surface area contributed by atoms with Crippen LogP contribution in [-0.4, -0.2) is 43.6 Å². The second-order valence-electron chi connectivity index (χ2n) is 12.1. The predicted octanol–water partition coefficient (Wildman–Crippen LogP) is 9.46. The Morgan fingerprint density at radius 1 is 1.04 bits per heavy atom. The number of fused-ring (bicyclic) bond motifs is 2. The van der Waals surface area contributed by atoms with Gasteiger partial charge in [-0.3, -0.25) is 14.4 Å². The first-order valence-corrected chi connectivity index (χ1v) is 16.6. The quantitative estimate of drug-likeness (QED) is 0.154. The zero-order valence-corrected chi connectivity index (χ0v) is 28.6. The maximum absolute atomic E-state index is 13.6. The van der Waals surface area contributed by atoms with E-state index in [0.717, 1.165) is 50.6 Å². The van der Waals surface area contributed by atoms with Gasteiger partial charge in [0.15, 0.2) is 0 Å². The van der Waals surface area contributed by atoms with E-state index >= 15 is 0 Å². The first-order valence-electron chi connectivity index (χ1n) is 16.6. The lowest BCUT2D eigenvalue weighted by atomic mass is 9.93. The van der Waals surface area contributed by atoms with Gasteiger partial charge < -0.3 is 10.5 Å². The molecule has 2 N–H and O–H groups in total. The Bertz CT molecular complexity index is 1590. The molecule has 0 bridgehead atoms. The lowest BCUT2D eigenvalue weighted by molar-refractivity contribution is 0.337. The monoisotopic (exact) mass is 640 g/mol. The molecular weight excluding hydrogens is 590 g/mol. The zero-order valence-electron chi connectivity index (χ0n) is 28.6. The van der Waals surface area contributed by atoms with Gasteiger partial charge in [-0.1, -0.05) is 45.6 Å². The summed E-state index contributed by atoms with van der Waals surface area (Å²) < 4.78 is 29.1. The summed E-state index contributed by atoms with van der Waals surface area (Å²) in [6, 6.07) is 17.1. The van der Waals surface area contributed by atoms with Crippen LogP contribution in [0, 0.1) is 37.4 Å². The molecule has 250 valence electrons. The molecule has 7 rings (SSSR count). The molecule has 3 heterocycles. The summed E-state index contributed by atoms with van der Waals surface area (Å²) in [6.07, 6.45) is 20.1. The molecular formula is C40H50F2N4O. The van der Waals surface area contributed by atoms with E-state index in [1.165, 1.54) is 63.3 Å². The molecule has 0 amide bonds. The van der Waals surface area contributed by atoms with Crippen molar-refractivity contribution in [2.24, 2.45) is 22.6 Å². The second-order valence-corrected chi connectivity index (χ2v) is 12.1. The topological polar surface area (TPSA) is 73.4 Å². The molecule has 7 heteroatoms. The Labute approximate surface area is 280 Å². The van der Waals surface area contributed by atoms with Crippen molar-refractivity contribution in [3.05, 3.63) is 89.0 Å². The molecule has 2 atom stereocenters. The number of aryl methyl sites for hydroxylation is 1. The number of halogens is 2. The molecule has 2 aliphatic carbocycles. The highest BCUT2D eigenvalue weighted by Crippen LogP contribution is 2.47. The number of alkyl halides is 1. The van der Waals surface area contributed by atoms with Crippen molar-refractivity contribution in [1.29, 1.82) is 0 Å². The molecule has 2 aromatic carbocycles. The highest BCUT2D eigenvalue weighted by Gasteiger charge is 2.35. The fourth-order valence-corrected chi connectivity index (χ4v) is 5.93. The predicted molar refractivity (Wildman–Crippen MR) is 193 cm³/mol. The Morgan fingerprint density at radius 3 is 2.36 bits per heavy atom. The summed E-state index contributed by atoms with van der Waals surface area (Å²) in [5, 5.41) is 1.13. The van der Waals surface area contributed by atoms with Crippen LogP contribution in [0.5, 0.6) is 5.75 Å². The van der Waals surface area contributed by atoms with Gasteiger partial charge in [-0.2, -0.15) is 0 Å². The van der Waals surface area contributed by atoms with Gasteiger partial charge in [0.2, 0.25) is 0 Å². The normalized spacial score (nSPS) is 16.5. The van der Waals surface area contributed by atoms with E-state index < -0.39 is 0 Å². The third kappa shape index (κ3) is 10.2. The van der Waals surface area contributed by atoms with E-state index in [1.807, 2.05) is 18.5 Å². The SMILES string of the molecule is C#C.CCCC1CC1.CF.CN.Cc1cc(C=NCC(c2cc3c(c(-c4ccc(F)cc4)n2)OCC3C)C2CC2)cc2cccnc12. The van der Waals surface area contributed by atoms with Crippen molar-refractivity contribution in [3.8, 4) is 29.9 Å². The van der Waals surface area contributed by atoms with Gasteiger partial charge in [-0.25, -0.2) is 9.37 Å². The number of aliphatic imine (C=N–C) groups is 1. The molecule has 4 aromatic rings. The number of nitrogens with zero attached hydrogens (tertiary/aromatic N) is 3. The van der Waals surface area contributed by atoms with Crippen molar-refractivity contribution < 1.29 is 13.5 Å². The molecule has 47 heavy (non-hydrogen) atoms. The van der Waals surface area contributed by atoms with E-state index in [4.69, 9.17) is 14.7 Å². The molecule has 2 fully saturated rings. The number of aromatic nitrogens is 2. The van der Waals surface area contributed by atoms with Crippen LogP contribution in [0.4, 0.5) is 8.78 Å². The number of benzene rings is 2. The van der Waals surface area contributed by atoms with Crippen molar-refractivity contribution in [2.75, 3.05) is 27.4 Å². The molecule has 1 aliphatic heterocycles. The maximum atomic E-state index is 13.6. The molecule has 5 nitrogen and oxygen atoms in total. The molecule has 2 saturated carbocycles. The van der Waals surface area contributed by atoms with Crippen LogP contribution in [0.15, 0.2) is 65.8 Å². The van der Waals surface area contributed by atoms with Crippen LogP contribution in [0.1, 0.15) is 86.6 Å². The van der Waals surface area contributed by atoms with E-state index in [1.54, 1.807) is 12.1 Å². The number of hydrogen-bond donors (Lipinski definition) is 1. The zero-order chi connectivity index (χ0) is 34.3. The number of nitrogens with two attached hydrogens (primary N) is 1. The van der Waals surface area contributed by atoms with Crippen LogP contribution in [-0.2, 0) is 0 Å². The summed E-state index contributed by atoms with van der Waals surface area (Å²) in [5.41, 5.74) is 11.7. The van der Waals surface area contributed by atoms with Crippen LogP contribution < -0.4 is 10.5 Å². The first-order chi connectivity index (χ1) is 23.0. The van der Waals surface area contributed by atoms with Gasteiger partial charge in [-0.15, -0.1) is 12.8 Å². The van der Waals surface area contributed by atoms with Gasteiger partial charge >= 0.3 is 0 Å². The number of hydrogen-bond acceptors (Lipinski definition) is 5. The number of pyridine rings is 2. The summed E-state index contributed by atoms with van der Waals surface area (Å²) in [4.78, 5) is 14.5. The van der Waals surface area contributed by atoms with Crippen LogP contribution in [0.3, 0.4) is 0 Å². The van der Waals surface area contributed by atoms with Gasteiger partial charge in [0.05, 0.1) is 19.3 Å². The Kier molecular flexibility index (Phi) is 15.0. The minimum Gasteiger partial charge on any atom is -0.490 e. The standard InChI is InChI=1S/C30H28FN3O.C6H12.C2H2.CH3F.CH5N/c1-18-12-20(13-23-4-3-11-33-28(18)23)15-32-16-26(21-5-6-21)27-14-25-19(2)17-35-30(25)29(34-27)22-7-9-24(31)10-8-22;1-2-3-6-4-5-6;3*1-2/h3-4,7-15,19,21,26H,5-6,16-17H2,1-2H3;6H,2-5H2,1H3;1-2H;1H3;2H2,1H3. The highest BCUT2D eigenvalue weighted by molar-refractivity contribution is 5.90. The van der Waals surface area contributed by atoms with Crippen molar-refractivity contribution in [1.82, 2.24) is 9.97 Å². The lowest BCUT2D eigenvalue weighted by Crippen LogP contribution is -2.10. The van der Waals surface area contributed by atoms with Gasteiger partial charge in [0, 0.05) is 53.0 Å². The van der Waals surface area contributed by atoms with E-state index in [0.29, 0.717) is 32.2 Å². The third-order valence-corrected chi connectivity index (χ3v) is 8.57. The molecule has 0 saturated heterocycles. The summed E-state index contributed by atoms with van der Waals surface area (Å²) in [7, 11) is 2.00. The largest absolute Gasteiger partial charge is 0.490 e. The highest BCUT2D eigenvalue weighted by atomic mass is 19.1. The minimum atomic E-state index is -0.249. The molecule has 0 spiro atoms. The van der Waals surface area contributed by atoms with Crippen LogP contribution in [0.25, 0.3) is 22.2 Å². The maximum Gasteiger partial charge on any atom is 0.149 e. The first kappa shape index (κ1) is 37.3. The summed E-state index contributed by atoms with van der Waals surface area (Å²) in [6.45, 7) is 7.88. The Hall–Kier alpha value is -4.15. The fourth-order valence-electron chi connectivity index (χ4n) is 5.93. The fraction of sp³-hybridized carbons (Fsp3) is 0.425. The number of terminal acetylenes is 1.